The van der Waals surface area contributed by atoms with Gasteiger partial charge in [0.15, 0.2) is 0 Å². The summed E-state index contributed by atoms with van der Waals surface area (Å²) >= 11 is 12.1. The van der Waals surface area contributed by atoms with Crippen molar-refractivity contribution >= 4 is 35.1 Å². The van der Waals surface area contributed by atoms with Gasteiger partial charge in [-0.1, -0.05) is 29.3 Å². The summed E-state index contributed by atoms with van der Waals surface area (Å²) in [6.07, 6.45) is 0. The molecule has 144 valence electrons. The highest BCUT2D eigenvalue weighted by Gasteiger charge is 2.28. The highest BCUT2D eigenvalue weighted by Crippen LogP contribution is 2.26. The second-order valence-corrected chi connectivity index (χ2v) is 7.27. The van der Waals surface area contributed by atoms with Crippen molar-refractivity contribution in [1.29, 1.82) is 0 Å². The van der Waals surface area contributed by atoms with Crippen molar-refractivity contribution in [1.82, 2.24) is 20.4 Å². The summed E-state index contributed by atoms with van der Waals surface area (Å²) in [6.45, 7) is 8.85. The van der Waals surface area contributed by atoms with E-state index in [4.69, 9.17) is 23.2 Å². The van der Waals surface area contributed by atoms with Gasteiger partial charge in [0.1, 0.15) is 0 Å². The summed E-state index contributed by atoms with van der Waals surface area (Å²) in [6, 6.07) is 4.72. The zero-order valence-corrected chi connectivity index (χ0v) is 16.9. The number of carbonyl (C=O) groups excluding carboxylic acids is 2. The number of hydrogen-bond acceptors (Lipinski definition) is 3. The summed E-state index contributed by atoms with van der Waals surface area (Å²) in [7, 11) is 0. The summed E-state index contributed by atoms with van der Waals surface area (Å²) < 4.78 is 0. The topological polar surface area (TPSA) is 64.7 Å². The van der Waals surface area contributed by atoms with Crippen LogP contribution >= 0.6 is 23.2 Å². The smallest absolute Gasteiger partial charge is 0.317 e. The first-order chi connectivity index (χ1) is 12.3. The number of carbonyl (C=O) groups is 2. The zero-order chi connectivity index (χ0) is 19.3. The van der Waals surface area contributed by atoms with E-state index in [0.29, 0.717) is 42.8 Å². The van der Waals surface area contributed by atoms with Crippen LogP contribution in [0.1, 0.15) is 32.4 Å². The van der Waals surface area contributed by atoms with Gasteiger partial charge in [-0.2, -0.15) is 0 Å². The molecule has 1 fully saturated rings. The van der Waals surface area contributed by atoms with Crippen LogP contribution in [-0.2, 0) is 4.79 Å². The van der Waals surface area contributed by atoms with Crippen molar-refractivity contribution in [3.63, 3.8) is 0 Å². The third-order valence-electron chi connectivity index (χ3n) is 4.64. The van der Waals surface area contributed by atoms with E-state index >= 15 is 0 Å². The average Bonchev–Trinajstić information content (AvgIpc) is 2.61. The maximum atomic E-state index is 12.6. The Bertz CT molecular complexity index is 648. The molecule has 0 spiro atoms. The summed E-state index contributed by atoms with van der Waals surface area (Å²) in [5, 5.41) is 6.91. The summed E-state index contributed by atoms with van der Waals surface area (Å²) in [4.78, 5) is 28.3. The van der Waals surface area contributed by atoms with E-state index in [1.807, 2.05) is 26.8 Å². The standard InChI is InChI=1S/C18H26Cl2N4O2/c1-4-21-18(26)24-9-7-23(8-10-24)13(3)17(25)22-12(2)15-6-5-14(19)11-16(15)20/h5-6,11-13H,4,7-10H2,1-3H3,(H,21,26)(H,22,25). The molecule has 1 aromatic rings. The largest absolute Gasteiger partial charge is 0.348 e. The molecular formula is C18H26Cl2N4O2. The average molecular weight is 401 g/mol. The van der Waals surface area contributed by atoms with Crippen LogP contribution in [-0.4, -0.2) is 60.5 Å². The maximum absolute atomic E-state index is 12.6. The Hall–Kier alpha value is -1.50. The van der Waals surface area contributed by atoms with E-state index in [0.717, 1.165) is 5.56 Å². The Kier molecular flexibility index (Phi) is 7.55. The highest BCUT2D eigenvalue weighted by molar-refractivity contribution is 6.35. The Morgan fingerprint density at radius 3 is 2.38 bits per heavy atom. The molecule has 0 aliphatic carbocycles. The number of urea groups is 1. The first-order valence-electron chi connectivity index (χ1n) is 8.85. The highest BCUT2D eigenvalue weighted by atomic mass is 35.5. The SMILES string of the molecule is CCNC(=O)N1CCN(C(C)C(=O)NC(C)c2ccc(Cl)cc2Cl)CC1. The molecule has 1 aliphatic heterocycles. The third kappa shape index (κ3) is 5.25. The summed E-state index contributed by atoms with van der Waals surface area (Å²) in [5.41, 5.74) is 0.831. The van der Waals surface area contributed by atoms with Gasteiger partial charge in [-0.3, -0.25) is 9.69 Å². The van der Waals surface area contributed by atoms with Gasteiger partial charge < -0.3 is 15.5 Å². The van der Waals surface area contributed by atoms with Gasteiger partial charge in [-0.05, 0) is 38.5 Å². The van der Waals surface area contributed by atoms with Crippen molar-refractivity contribution in [2.24, 2.45) is 0 Å². The van der Waals surface area contributed by atoms with Crippen LogP contribution in [0.15, 0.2) is 18.2 Å². The lowest BCUT2D eigenvalue weighted by molar-refractivity contribution is -0.127. The van der Waals surface area contributed by atoms with E-state index in [1.54, 1.807) is 17.0 Å². The minimum atomic E-state index is -0.278. The third-order valence-corrected chi connectivity index (χ3v) is 5.21. The van der Waals surface area contributed by atoms with Crippen LogP contribution < -0.4 is 10.6 Å². The fraction of sp³-hybridized carbons (Fsp3) is 0.556. The van der Waals surface area contributed by atoms with Crippen LogP contribution in [0.5, 0.6) is 0 Å². The zero-order valence-electron chi connectivity index (χ0n) is 15.4. The molecule has 1 heterocycles. The van der Waals surface area contributed by atoms with Crippen molar-refractivity contribution in [2.75, 3.05) is 32.7 Å². The molecule has 1 aromatic carbocycles. The molecule has 0 bridgehead atoms. The second-order valence-electron chi connectivity index (χ2n) is 6.43. The lowest BCUT2D eigenvalue weighted by Gasteiger charge is -2.37. The lowest BCUT2D eigenvalue weighted by atomic mass is 10.1. The monoisotopic (exact) mass is 400 g/mol. The predicted molar refractivity (Wildman–Crippen MR) is 105 cm³/mol. The second kappa shape index (κ2) is 9.44. The molecule has 1 aliphatic rings. The number of nitrogens with one attached hydrogen (secondary N) is 2. The molecule has 2 atom stereocenters. The van der Waals surface area contributed by atoms with E-state index in [-0.39, 0.29) is 24.0 Å². The van der Waals surface area contributed by atoms with Gasteiger partial charge in [0.2, 0.25) is 5.91 Å². The van der Waals surface area contributed by atoms with E-state index in [2.05, 4.69) is 15.5 Å². The molecule has 2 rings (SSSR count). The molecule has 2 unspecified atom stereocenters. The maximum Gasteiger partial charge on any atom is 0.317 e. The molecule has 6 nitrogen and oxygen atoms in total. The number of halogens is 2. The molecule has 1 saturated heterocycles. The van der Waals surface area contributed by atoms with Crippen molar-refractivity contribution in [3.05, 3.63) is 33.8 Å². The van der Waals surface area contributed by atoms with Gasteiger partial charge in [-0.25, -0.2) is 4.79 Å². The van der Waals surface area contributed by atoms with Crippen molar-refractivity contribution in [2.45, 2.75) is 32.9 Å². The van der Waals surface area contributed by atoms with Gasteiger partial charge in [0.25, 0.3) is 0 Å². The molecular weight excluding hydrogens is 375 g/mol. The summed E-state index contributed by atoms with van der Waals surface area (Å²) in [5.74, 6) is -0.0602. The normalized spacial score (nSPS) is 17.5. The van der Waals surface area contributed by atoms with Gasteiger partial charge in [0.05, 0.1) is 12.1 Å². The van der Waals surface area contributed by atoms with Crippen LogP contribution in [0.3, 0.4) is 0 Å². The van der Waals surface area contributed by atoms with E-state index < -0.39 is 0 Å². The molecule has 3 amide bonds. The van der Waals surface area contributed by atoms with Crippen LogP contribution in [0.25, 0.3) is 0 Å². The Labute approximate surface area is 164 Å². The first-order valence-corrected chi connectivity index (χ1v) is 9.61. The molecule has 0 saturated carbocycles. The minimum Gasteiger partial charge on any atom is -0.348 e. The first kappa shape index (κ1) is 20.8. The van der Waals surface area contributed by atoms with Gasteiger partial charge in [-0.15, -0.1) is 0 Å². The quantitative estimate of drug-likeness (QED) is 0.798. The lowest BCUT2D eigenvalue weighted by Crippen LogP contribution is -2.56. The Morgan fingerprint density at radius 1 is 1.15 bits per heavy atom. The van der Waals surface area contributed by atoms with Crippen molar-refractivity contribution < 1.29 is 9.59 Å². The molecule has 26 heavy (non-hydrogen) atoms. The van der Waals surface area contributed by atoms with Gasteiger partial charge in [0, 0.05) is 42.8 Å². The van der Waals surface area contributed by atoms with Crippen LogP contribution in [0.2, 0.25) is 10.0 Å². The molecule has 0 radical (unpaired) electrons. The Morgan fingerprint density at radius 2 is 1.81 bits per heavy atom. The van der Waals surface area contributed by atoms with E-state index in [1.165, 1.54) is 0 Å². The number of nitrogens with zero attached hydrogens (tertiary/aromatic N) is 2. The number of benzene rings is 1. The number of amides is 3. The van der Waals surface area contributed by atoms with Crippen LogP contribution in [0.4, 0.5) is 4.79 Å². The number of piperazine rings is 1. The fourth-order valence-corrected chi connectivity index (χ4v) is 3.58. The predicted octanol–water partition coefficient (Wildman–Crippen LogP) is 2.91. The Balaban J connectivity index is 1.88. The molecule has 8 heteroatoms. The number of rotatable bonds is 5. The van der Waals surface area contributed by atoms with E-state index in [9.17, 15) is 9.59 Å². The van der Waals surface area contributed by atoms with Crippen LogP contribution in [0, 0.1) is 0 Å². The molecule has 0 aromatic heterocycles. The number of hydrogen-bond donors (Lipinski definition) is 2. The van der Waals surface area contributed by atoms with Crippen molar-refractivity contribution in [3.8, 4) is 0 Å². The molecule has 2 N–H and O–H groups in total. The minimum absolute atomic E-state index is 0.0461. The fourth-order valence-electron chi connectivity index (χ4n) is 3.01. The van der Waals surface area contributed by atoms with Gasteiger partial charge >= 0.3 is 6.03 Å².